The first-order valence-corrected chi connectivity index (χ1v) is 4.88. The van der Waals surface area contributed by atoms with Gasteiger partial charge in [0.1, 0.15) is 0 Å². The molecule has 0 radical (unpaired) electrons. The Bertz CT molecular complexity index is 609. The normalized spacial score (nSPS) is 11.1. The summed E-state index contributed by atoms with van der Waals surface area (Å²) in [5.74, 6) is 0.383. The second kappa shape index (κ2) is 3.54. The summed E-state index contributed by atoms with van der Waals surface area (Å²) in [6, 6.07) is 0. The van der Waals surface area contributed by atoms with E-state index < -0.39 is 11.2 Å². The molecule has 0 aliphatic rings. The lowest BCUT2D eigenvalue weighted by Gasteiger charge is -2.00. The second-order valence-corrected chi connectivity index (χ2v) is 3.50. The van der Waals surface area contributed by atoms with E-state index in [9.17, 15) is 9.59 Å². The lowest BCUT2D eigenvalue weighted by Crippen LogP contribution is -2.29. The number of alkyl halides is 1. The van der Waals surface area contributed by atoms with Crippen molar-refractivity contribution in [3.8, 4) is 0 Å². The van der Waals surface area contributed by atoms with Crippen LogP contribution < -0.4 is 11.2 Å². The Morgan fingerprint density at radius 1 is 1.53 bits per heavy atom. The summed E-state index contributed by atoms with van der Waals surface area (Å²) >= 11 is 5.59. The number of nitrogens with one attached hydrogen (secondary N) is 1. The number of hydrogen-bond donors (Lipinski definition) is 1. The van der Waals surface area contributed by atoms with Crippen molar-refractivity contribution in [2.24, 2.45) is 7.05 Å². The van der Waals surface area contributed by atoms with E-state index in [4.69, 9.17) is 11.6 Å². The van der Waals surface area contributed by atoms with Gasteiger partial charge in [-0.05, 0) is 0 Å². The zero-order chi connectivity index (χ0) is 11.0. The molecule has 1 N–H and O–H groups in total. The minimum absolute atomic E-state index is 0.369. The van der Waals surface area contributed by atoms with Gasteiger partial charge in [-0.25, -0.2) is 9.78 Å². The lowest BCUT2D eigenvalue weighted by atomic mass is 10.5. The zero-order valence-corrected chi connectivity index (χ0v) is 8.78. The van der Waals surface area contributed by atoms with E-state index in [0.717, 1.165) is 0 Å². The molecule has 7 heteroatoms. The molecule has 0 amide bonds. The van der Waals surface area contributed by atoms with Crippen LogP contribution in [0.1, 0.15) is 0 Å². The first-order valence-electron chi connectivity index (χ1n) is 4.35. The highest BCUT2D eigenvalue weighted by atomic mass is 35.5. The summed E-state index contributed by atoms with van der Waals surface area (Å²) < 4.78 is 2.92. The minimum atomic E-state index is -0.469. The Morgan fingerprint density at radius 3 is 2.93 bits per heavy atom. The van der Waals surface area contributed by atoms with E-state index in [2.05, 4.69) is 9.97 Å². The predicted octanol–water partition coefficient (Wildman–Crippen LogP) is -0.338. The Morgan fingerprint density at radius 2 is 2.27 bits per heavy atom. The minimum Gasteiger partial charge on any atom is -0.324 e. The molecule has 80 valence electrons. The molecule has 0 spiro atoms. The van der Waals surface area contributed by atoms with Crippen LogP contribution in [-0.4, -0.2) is 25.0 Å². The molecule has 2 aromatic rings. The van der Waals surface area contributed by atoms with Gasteiger partial charge in [0, 0.05) is 19.5 Å². The number of nitrogens with zero attached hydrogens (tertiary/aromatic N) is 3. The van der Waals surface area contributed by atoms with Gasteiger partial charge < -0.3 is 4.57 Å². The summed E-state index contributed by atoms with van der Waals surface area (Å²) in [7, 11) is 1.55. The van der Waals surface area contributed by atoms with Crippen LogP contribution >= 0.6 is 11.6 Å². The molecule has 0 aliphatic heterocycles. The molecule has 0 aliphatic carbocycles. The summed E-state index contributed by atoms with van der Waals surface area (Å²) in [5, 5.41) is 0. The van der Waals surface area contributed by atoms with Crippen LogP contribution in [0.15, 0.2) is 15.9 Å². The van der Waals surface area contributed by atoms with E-state index in [1.165, 1.54) is 10.9 Å². The molecular weight excluding hydrogens is 220 g/mol. The van der Waals surface area contributed by atoms with Crippen molar-refractivity contribution in [1.82, 2.24) is 19.1 Å². The van der Waals surface area contributed by atoms with Crippen LogP contribution in [0.2, 0.25) is 0 Å². The van der Waals surface area contributed by atoms with Gasteiger partial charge in [0.05, 0.1) is 6.33 Å². The largest absolute Gasteiger partial charge is 0.329 e. The fraction of sp³-hybridized carbons (Fsp3) is 0.375. The maximum absolute atomic E-state index is 11.5. The molecule has 2 heterocycles. The number of aromatic amines is 1. The second-order valence-electron chi connectivity index (χ2n) is 3.12. The van der Waals surface area contributed by atoms with Crippen molar-refractivity contribution >= 4 is 22.8 Å². The Hall–Kier alpha value is -1.56. The Kier molecular flexibility index (Phi) is 2.36. The van der Waals surface area contributed by atoms with Gasteiger partial charge >= 0.3 is 5.69 Å². The summed E-state index contributed by atoms with van der Waals surface area (Å²) in [5.41, 5.74) is -0.161. The number of aryl methyl sites for hydroxylation is 2. The van der Waals surface area contributed by atoms with E-state index in [1.54, 1.807) is 11.6 Å². The van der Waals surface area contributed by atoms with E-state index >= 15 is 0 Å². The van der Waals surface area contributed by atoms with Gasteiger partial charge in [0.25, 0.3) is 5.56 Å². The molecule has 0 aromatic carbocycles. The number of imidazole rings is 1. The predicted molar refractivity (Wildman–Crippen MR) is 56.3 cm³/mol. The van der Waals surface area contributed by atoms with Crippen LogP contribution in [0.4, 0.5) is 0 Å². The quantitative estimate of drug-likeness (QED) is 0.715. The monoisotopic (exact) mass is 228 g/mol. The smallest absolute Gasteiger partial charge is 0.324 e. The van der Waals surface area contributed by atoms with Crippen molar-refractivity contribution in [1.29, 1.82) is 0 Å². The van der Waals surface area contributed by atoms with Crippen molar-refractivity contribution in [3.63, 3.8) is 0 Å². The average Bonchev–Trinajstić information content (AvgIpc) is 2.59. The lowest BCUT2D eigenvalue weighted by molar-refractivity contribution is 0.782. The van der Waals surface area contributed by atoms with Gasteiger partial charge in [0.2, 0.25) is 0 Å². The topological polar surface area (TPSA) is 72.7 Å². The highest BCUT2D eigenvalue weighted by Gasteiger charge is 2.10. The molecular formula is C8H9ClN4O2. The van der Waals surface area contributed by atoms with E-state index in [0.29, 0.717) is 23.6 Å². The molecule has 2 aromatic heterocycles. The van der Waals surface area contributed by atoms with Crippen molar-refractivity contribution < 1.29 is 0 Å². The first-order chi connectivity index (χ1) is 7.15. The van der Waals surface area contributed by atoms with Crippen molar-refractivity contribution in [2.75, 3.05) is 5.88 Å². The van der Waals surface area contributed by atoms with Gasteiger partial charge in [0.15, 0.2) is 11.2 Å². The third kappa shape index (κ3) is 1.46. The van der Waals surface area contributed by atoms with Crippen LogP contribution in [0, 0.1) is 0 Å². The van der Waals surface area contributed by atoms with Crippen LogP contribution in [0.25, 0.3) is 11.2 Å². The molecule has 0 atom stereocenters. The van der Waals surface area contributed by atoms with Gasteiger partial charge in [-0.3, -0.25) is 14.3 Å². The SMILES string of the molecule is Cn1c(=O)[nH]c(=O)c2c1ncn2CCCl. The molecule has 0 saturated carbocycles. The van der Waals surface area contributed by atoms with Gasteiger partial charge in [-0.1, -0.05) is 0 Å². The van der Waals surface area contributed by atoms with E-state index in [-0.39, 0.29) is 0 Å². The van der Waals surface area contributed by atoms with Gasteiger partial charge in [-0.2, -0.15) is 0 Å². The van der Waals surface area contributed by atoms with Crippen LogP contribution in [0.5, 0.6) is 0 Å². The molecule has 0 bridgehead atoms. The molecule has 0 unspecified atom stereocenters. The van der Waals surface area contributed by atoms with E-state index in [1.807, 2.05) is 0 Å². The molecule has 15 heavy (non-hydrogen) atoms. The maximum Gasteiger partial charge on any atom is 0.329 e. The van der Waals surface area contributed by atoms with Crippen molar-refractivity contribution in [3.05, 3.63) is 27.2 Å². The number of aromatic nitrogens is 4. The first kappa shape index (κ1) is 9.97. The highest BCUT2D eigenvalue weighted by Crippen LogP contribution is 2.04. The standard InChI is InChI=1S/C8H9ClN4O2/c1-12-6-5(7(14)11-8(12)15)13(3-2-9)4-10-6/h4H,2-3H2,1H3,(H,11,14,15). The van der Waals surface area contributed by atoms with Gasteiger partial charge in [-0.15, -0.1) is 11.6 Å². The fourth-order valence-corrected chi connectivity index (χ4v) is 1.63. The molecule has 2 rings (SSSR count). The highest BCUT2D eigenvalue weighted by molar-refractivity contribution is 6.17. The summed E-state index contributed by atoms with van der Waals surface area (Å²) in [6.45, 7) is 0.485. The fourth-order valence-electron chi connectivity index (χ4n) is 1.45. The molecule has 0 saturated heterocycles. The third-order valence-corrected chi connectivity index (χ3v) is 2.37. The number of halogens is 1. The number of hydrogen-bond acceptors (Lipinski definition) is 3. The zero-order valence-electron chi connectivity index (χ0n) is 8.03. The van der Waals surface area contributed by atoms with Crippen molar-refractivity contribution in [2.45, 2.75) is 6.54 Å². The number of rotatable bonds is 2. The Balaban J connectivity index is 2.87. The van der Waals surface area contributed by atoms with Crippen LogP contribution in [0.3, 0.4) is 0 Å². The van der Waals surface area contributed by atoms with Crippen LogP contribution in [-0.2, 0) is 13.6 Å². The average molecular weight is 229 g/mol. The molecule has 0 fully saturated rings. The maximum atomic E-state index is 11.5. The third-order valence-electron chi connectivity index (χ3n) is 2.20. The summed E-state index contributed by atoms with van der Waals surface area (Å²) in [4.78, 5) is 29.0. The Labute approximate surface area is 89.1 Å². The number of fused-ring (bicyclic) bond motifs is 1. The molecule has 6 nitrogen and oxygen atoms in total. The number of H-pyrrole nitrogens is 1. The summed E-state index contributed by atoms with van der Waals surface area (Å²) in [6.07, 6.45) is 1.50.